The fraction of sp³-hybridized carbons (Fsp3) is 0.588. The molecule has 1 heterocycles. The van der Waals surface area contributed by atoms with Crippen LogP contribution in [0.3, 0.4) is 0 Å². The number of nitro groups is 1. The summed E-state index contributed by atoms with van der Waals surface area (Å²) in [5.74, 6) is 0.323. The highest BCUT2D eigenvalue weighted by molar-refractivity contribution is 5.67. The molecule has 1 saturated heterocycles. The average molecular weight is 335 g/mol. The van der Waals surface area contributed by atoms with Crippen molar-refractivity contribution >= 4 is 11.8 Å². The first-order valence-corrected chi connectivity index (χ1v) is 8.28. The van der Waals surface area contributed by atoms with Crippen LogP contribution >= 0.6 is 0 Å². The molecular weight excluding hydrogens is 310 g/mol. The number of carbonyl (C=O) groups is 1. The Morgan fingerprint density at radius 3 is 2.50 bits per heavy atom. The molecule has 7 nitrogen and oxygen atoms in total. The van der Waals surface area contributed by atoms with Gasteiger partial charge in [0.1, 0.15) is 0 Å². The lowest BCUT2D eigenvalue weighted by atomic mass is 10.1. The summed E-state index contributed by atoms with van der Waals surface area (Å²) in [5.41, 5.74) is 1.02. The van der Waals surface area contributed by atoms with E-state index in [1.165, 1.54) is 6.07 Å². The maximum atomic E-state index is 12.0. The summed E-state index contributed by atoms with van der Waals surface area (Å²) in [7, 11) is 0. The number of non-ortho nitro benzene ring substituents is 1. The van der Waals surface area contributed by atoms with Gasteiger partial charge >= 0.3 is 6.09 Å². The van der Waals surface area contributed by atoms with Gasteiger partial charge in [0.15, 0.2) is 0 Å². The minimum Gasteiger partial charge on any atom is -0.449 e. The van der Waals surface area contributed by atoms with E-state index < -0.39 is 0 Å². The van der Waals surface area contributed by atoms with Crippen LogP contribution in [0.1, 0.15) is 32.4 Å². The third-order valence-corrected chi connectivity index (χ3v) is 4.22. The van der Waals surface area contributed by atoms with Crippen molar-refractivity contribution in [3.8, 4) is 0 Å². The second-order valence-electron chi connectivity index (χ2n) is 6.52. The van der Waals surface area contributed by atoms with Gasteiger partial charge in [-0.1, -0.05) is 26.0 Å². The van der Waals surface area contributed by atoms with Crippen molar-refractivity contribution in [3.05, 3.63) is 39.9 Å². The van der Waals surface area contributed by atoms with Gasteiger partial charge in [0.2, 0.25) is 0 Å². The predicted octanol–water partition coefficient (Wildman–Crippen LogP) is 3.07. The minimum absolute atomic E-state index is 0.0683. The fourth-order valence-electron chi connectivity index (χ4n) is 2.73. The van der Waals surface area contributed by atoms with E-state index in [9.17, 15) is 14.9 Å². The molecule has 0 aromatic heterocycles. The average Bonchev–Trinajstić information content (AvgIpc) is 2.59. The number of benzene rings is 1. The molecule has 1 aliphatic rings. The Hall–Kier alpha value is -2.15. The molecule has 0 aliphatic carbocycles. The Morgan fingerprint density at radius 2 is 1.92 bits per heavy atom. The Morgan fingerprint density at radius 1 is 1.25 bits per heavy atom. The maximum absolute atomic E-state index is 12.0. The van der Waals surface area contributed by atoms with E-state index in [2.05, 4.69) is 4.90 Å². The minimum atomic E-state index is -0.376. The number of hydrogen-bond donors (Lipinski definition) is 0. The molecule has 1 unspecified atom stereocenters. The number of carbonyl (C=O) groups excluding carboxylic acids is 1. The molecule has 132 valence electrons. The van der Waals surface area contributed by atoms with Gasteiger partial charge in [-0.05, 0) is 18.4 Å². The van der Waals surface area contributed by atoms with Crippen molar-refractivity contribution in [1.82, 2.24) is 9.80 Å². The van der Waals surface area contributed by atoms with E-state index in [1.807, 2.05) is 26.8 Å². The largest absolute Gasteiger partial charge is 0.449 e. The summed E-state index contributed by atoms with van der Waals surface area (Å²) in [4.78, 5) is 26.5. The van der Waals surface area contributed by atoms with Gasteiger partial charge in [-0.3, -0.25) is 15.0 Å². The highest BCUT2D eigenvalue weighted by Crippen LogP contribution is 2.25. The molecular formula is C17H25N3O4. The van der Waals surface area contributed by atoms with Gasteiger partial charge in [0, 0.05) is 44.4 Å². The number of rotatable bonds is 5. The third kappa shape index (κ3) is 4.67. The Balaban J connectivity index is 1.90. The van der Waals surface area contributed by atoms with E-state index in [-0.39, 0.29) is 22.7 Å². The van der Waals surface area contributed by atoms with Crippen LogP contribution in [-0.2, 0) is 4.74 Å². The van der Waals surface area contributed by atoms with Gasteiger partial charge in [-0.25, -0.2) is 4.79 Å². The van der Waals surface area contributed by atoms with Crippen molar-refractivity contribution in [2.45, 2.75) is 26.8 Å². The standard InChI is InChI=1S/C17H25N3O4/c1-13(2)12-24-17(21)19-9-7-18(8-10-19)14(3)15-5-4-6-16(11-15)20(22)23/h4-6,11,13-14H,7-10,12H2,1-3H3. The number of amides is 1. The molecule has 24 heavy (non-hydrogen) atoms. The second kappa shape index (κ2) is 8.10. The summed E-state index contributed by atoms with van der Waals surface area (Å²) in [5, 5.41) is 10.9. The molecule has 1 amide bonds. The first kappa shape index (κ1) is 18.2. The lowest BCUT2D eigenvalue weighted by molar-refractivity contribution is -0.385. The highest BCUT2D eigenvalue weighted by Gasteiger charge is 2.26. The summed E-state index contributed by atoms with van der Waals surface area (Å²) < 4.78 is 5.26. The van der Waals surface area contributed by atoms with Crippen LogP contribution in [0.15, 0.2) is 24.3 Å². The molecule has 7 heteroatoms. The van der Waals surface area contributed by atoms with E-state index in [0.29, 0.717) is 25.6 Å². The van der Waals surface area contributed by atoms with Crippen molar-refractivity contribution in [1.29, 1.82) is 0 Å². The van der Waals surface area contributed by atoms with Gasteiger partial charge in [0.25, 0.3) is 5.69 Å². The number of hydrogen-bond acceptors (Lipinski definition) is 5. The number of nitrogens with zero attached hydrogens (tertiary/aromatic N) is 3. The van der Waals surface area contributed by atoms with Crippen LogP contribution in [0.25, 0.3) is 0 Å². The van der Waals surface area contributed by atoms with Crippen LogP contribution in [0, 0.1) is 16.0 Å². The zero-order valence-electron chi connectivity index (χ0n) is 14.5. The molecule has 0 spiro atoms. The first-order valence-electron chi connectivity index (χ1n) is 8.28. The highest BCUT2D eigenvalue weighted by atomic mass is 16.6. The van der Waals surface area contributed by atoms with Gasteiger partial charge in [-0.15, -0.1) is 0 Å². The van der Waals surface area contributed by atoms with Crippen molar-refractivity contribution in [2.75, 3.05) is 32.8 Å². The molecule has 0 saturated carbocycles. The molecule has 1 aliphatic heterocycles. The molecule has 1 aromatic carbocycles. The first-order chi connectivity index (χ1) is 11.4. The number of ether oxygens (including phenoxy) is 1. The predicted molar refractivity (Wildman–Crippen MR) is 90.8 cm³/mol. The fourth-order valence-corrected chi connectivity index (χ4v) is 2.73. The third-order valence-electron chi connectivity index (χ3n) is 4.22. The molecule has 1 fully saturated rings. The normalized spacial score (nSPS) is 16.9. The van der Waals surface area contributed by atoms with E-state index in [1.54, 1.807) is 17.0 Å². The maximum Gasteiger partial charge on any atom is 0.409 e. The van der Waals surface area contributed by atoms with Crippen LogP contribution in [0.5, 0.6) is 0 Å². The topological polar surface area (TPSA) is 75.9 Å². The van der Waals surface area contributed by atoms with Crippen molar-refractivity contribution < 1.29 is 14.5 Å². The van der Waals surface area contributed by atoms with Gasteiger partial charge in [-0.2, -0.15) is 0 Å². The molecule has 0 N–H and O–H groups in total. The Labute approximate surface area is 142 Å². The zero-order valence-corrected chi connectivity index (χ0v) is 14.5. The number of nitro benzene ring substituents is 1. The number of piperazine rings is 1. The van der Waals surface area contributed by atoms with Crippen LogP contribution in [-0.4, -0.2) is 53.6 Å². The van der Waals surface area contributed by atoms with Crippen LogP contribution in [0.4, 0.5) is 10.5 Å². The van der Waals surface area contributed by atoms with Crippen LogP contribution in [0.2, 0.25) is 0 Å². The lowest BCUT2D eigenvalue weighted by Gasteiger charge is -2.37. The van der Waals surface area contributed by atoms with E-state index in [4.69, 9.17) is 4.74 Å². The molecule has 0 radical (unpaired) electrons. The molecule has 1 aromatic rings. The van der Waals surface area contributed by atoms with Gasteiger partial charge in [0.05, 0.1) is 11.5 Å². The summed E-state index contributed by atoms with van der Waals surface area (Å²) in [6.45, 7) is 9.14. The molecule has 0 bridgehead atoms. The quantitative estimate of drug-likeness (QED) is 0.610. The molecule has 1 atom stereocenters. The summed E-state index contributed by atoms with van der Waals surface area (Å²) >= 11 is 0. The summed E-state index contributed by atoms with van der Waals surface area (Å²) in [6, 6.07) is 6.80. The van der Waals surface area contributed by atoms with Crippen molar-refractivity contribution in [3.63, 3.8) is 0 Å². The Bertz CT molecular complexity index is 583. The van der Waals surface area contributed by atoms with Crippen LogP contribution < -0.4 is 0 Å². The summed E-state index contributed by atoms with van der Waals surface area (Å²) in [6.07, 6.45) is -0.258. The SMILES string of the molecule is CC(C)COC(=O)N1CCN(C(C)c2cccc([N+](=O)[O-])c2)CC1. The van der Waals surface area contributed by atoms with E-state index in [0.717, 1.165) is 18.7 Å². The van der Waals surface area contributed by atoms with Crippen molar-refractivity contribution in [2.24, 2.45) is 5.92 Å². The lowest BCUT2D eigenvalue weighted by Crippen LogP contribution is -2.49. The Kier molecular flexibility index (Phi) is 6.14. The second-order valence-corrected chi connectivity index (χ2v) is 6.52. The monoisotopic (exact) mass is 335 g/mol. The smallest absolute Gasteiger partial charge is 0.409 e. The van der Waals surface area contributed by atoms with Gasteiger partial charge < -0.3 is 9.64 Å². The van der Waals surface area contributed by atoms with E-state index >= 15 is 0 Å². The molecule has 2 rings (SSSR count). The zero-order chi connectivity index (χ0) is 17.7.